The first-order chi connectivity index (χ1) is 15.6. The van der Waals surface area contributed by atoms with Crippen molar-refractivity contribution in [3.8, 4) is 22.9 Å². The summed E-state index contributed by atoms with van der Waals surface area (Å²) in [6, 6.07) is 11.1. The molecule has 4 rings (SSSR count). The summed E-state index contributed by atoms with van der Waals surface area (Å²) in [6.45, 7) is 1.26. The number of pyridine rings is 1. The van der Waals surface area contributed by atoms with Crippen LogP contribution in [0.3, 0.4) is 0 Å². The maximum absolute atomic E-state index is 13.4. The second-order valence-corrected chi connectivity index (χ2v) is 7.62. The first-order valence-electron chi connectivity index (χ1n) is 10.6. The van der Waals surface area contributed by atoms with Crippen LogP contribution < -0.4 is 14.8 Å². The van der Waals surface area contributed by atoms with Gasteiger partial charge in [-0.15, -0.1) is 0 Å². The summed E-state index contributed by atoms with van der Waals surface area (Å²) < 4.78 is 10.8. The lowest BCUT2D eigenvalue weighted by Gasteiger charge is -2.33. The van der Waals surface area contributed by atoms with Gasteiger partial charge in [0, 0.05) is 50.1 Å². The molecule has 1 atom stereocenters. The maximum Gasteiger partial charge on any atom is 0.257 e. The number of hydrogen-bond donors (Lipinski definition) is 1. The van der Waals surface area contributed by atoms with Crippen molar-refractivity contribution >= 4 is 11.7 Å². The van der Waals surface area contributed by atoms with E-state index in [0.717, 1.165) is 29.9 Å². The van der Waals surface area contributed by atoms with Crippen molar-refractivity contribution < 1.29 is 14.3 Å². The van der Waals surface area contributed by atoms with Crippen LogP contribution in [0.15, 0.2) is 48.8 Å². The normalized spacial score (nSPS) is 15.8. The quantitative estimate of drug-likeness (QED) is 0.635. The fourth-order valence-corrected chi connectivity index (χ4v) is 4.06. The van der Waals surface area contributed by atoms with Gasteiger partial charge in [0.05, 0.1) is 25.5 Å². The number of rotatable bonds is 6. The monoisotopic (exact) mass is 433 g/mol. The molecular formula is C24H27N5O3. The minimum absolute atomic E-state index is 0.0687. The molecule has 1 N–H and O–H groups in total. The smallest absolute Gasteiger partial charge is 0.257 e. The largest absolute Gasteiger partial charge is 0.493 e. The van der Waals surface area contributed by atoms with E-state index in [1.165, 1.54) is 0 Å². The van der Waals surface area contributed by atoms with Gasteiger partial charge in [0.15, 0.2) is 17.3 Å². The molecule has 0 saturated carbocycles. The van der Waals surface area contributed by atoms with E-state index in [-0.39, 0.29) is 11.8 Å². The van der Waals surface area contributed by atoms with Gasteiger partial charge in [0.2, 0.25) is 0 Å². The number of hydrogen-bond acceptors (Lipinski definition) is 7. The van der Waals surface area contributed by atoms with Crippen LogP contribution in [0.25, 0.3) is 11.4 Å². The molecular weight excluding hydrogens is 406 g/mol. The summed E-state index contributed by atoms with van der Waals surface area (Å²) >= 11 is 0. The predicted octanol–water partition coefficient (Wildman–Crippen LogP) is 3.62. The van der Waals surface area contributed by atoms with Gasteiger partial charge >= 0.3 is 0 Å². The number of benzene rings is 1. The summed E-state index contributed by atoms with van der Waals surface area (Å²) in [5.74, 6) is 2.41. The Kier molecular flexibility index (Phi) is 6.49. The van der Waals surface area contributed by atoms with Crippen LogP contribution in [-0.4, -0.2) is 60.1 Å². The zero-order valence-corrected chi connectivity index (χ0v) is 18.5. The third kappa shape index (κ3) is 4.34. The van der Waals surface area contributed by atoms with Gasteiger partial charge in [-0.25, -0.2) is 9.97 Å². The van der Waals surface area contributed by atoms with Gasteiger partial charge in [-0.3, -0.25) is 9.78 Å². The predicted molar refractivity (Wildman–Crippen MR) is 122 cm³/mol. The lowest BCUT2D eigenvalue weighted by Crippen LogP contribution is -2.39. The van der Waals surface area contributed by atoms with Gasteiger partial charge < -0.3 is 19.7 Å². The number of piperidine rings is 1. The van der Waals surface area contributed by atoms with Crippen LogP contribution in [0.2, 0.25) is 0 Å². The molecule has 1 aliphatic rings. The average molecular weight is 434 g/mol. The second kappa shape index (κ2) is 9.64. The molecule has 0 spiro atoms. The number of nitrogens with zero attached hydrogens (tertiary/aromatic N) is 4. The molecule has 1 fully saturated rings. The molecule has 2 aromatic heterocycles. The Morgan fingerprint density at radius 2 is 2.03 bits per heavy atom. The Labute approximate surface area is 187 Å². The van der Waals surface area contributed by atoms with Crippen LogP contribution >= 0.6 is 0 Å². The molecule has 0 aliphatic carbocycles. The number of ether oxygens (including phenoxy) is 2. The number of likely N-dealkylation sites (tertiary alicyclic amines) is 1. The van der Waals surface area contributed by atoms with Crippen LogP contribution in [0, 0.1) is 0 Å². The number of aromatic nitrogens is 3. The summed E-state index contributed by atoms with van der Waals surface area (Å²) in [4.78, 5) is 28.8. The topological polar surface area (TPSA) is 89.5 Å². The summed E-state index contributed by atoms with van der Waals surface area (Å²) in [6.07, 6.45) is 5.32. The highest BCUT2D eigenvalue weighted by molar-refractivity contribution is 5.98. The standard InChI is InChI=1S/C24H27N5O3/c1-25-21-13-19(27-23(28-21)16-7-5-11-26-14-16)17-8-6-12-29(15-17)24(30)18-9-4-10-20(31-2)22(18)32-3/h4-5,7,9-11,13-14,17H,6,8,12,15H2,1-3H3,(H,25,27,28)/t17-/m0/s1. The highest BCUT2D eigenvalue weighted by Crippen LogP contribution is 2.34. The first-order valence-corrected chi connectivity index (χ1v) is 10.6. The summed E-state index contributed by atoms with van der Waals surface area (Å²) in [5, 5.41) is 3.12. The van der Waals surface area contributed by atoms with E-state index in [4.69, 9.17) is 14.5 Å². The van der Waals surface area contributed by atoms with E-state index in [9.17, 15) is 4.79 Å². The van der Waals surface area contributed by atoms with Crippen molar-refractivity contribution in [3.05, 3.63) is 60.0 Å². The van der Waals surface area contributed by atoms with E-state index in [2.05, 4.69) is 15.3 Å². The third-order valence-corrected chi connectivity index (χ3v) is 5.68. The molecule has 1 aromatic carbocycles. The molecule has 166 valence electrons. The number of para-hydroxylation sites is 1. The number of nitrogens with one attached hydrogen (secondary N) is 1. The first kappa shape index (κ1) is 21.5. The van der Waals surface area contributed by atoms with Crippen molar-refractivity contribution in [1.82, 2.24) is 19.9 Å². The SMILES string of the molecule is CNc1cc([C@H]2CCCN(C(=O)c3cccc(OC)c3OC)C2)nc(-c2cccnc2)n1. The van der Waals surface area contributed by atoms with Gasteiger partial charge in [-0.1, -0.05) is 6.07 Å². The van der Waals surface area contributed by atoms with Gasteiger partial charge in [-0.2, -0.15) is 0 Å². The van der Waals surface area contributed by atoms with Gasteiger partial charge in [-0.05, 0) is 37.1 Å². The third-order valence-electron chi connectivity index (χ3n) is 5.68. The minimum atomic E-state index is -0.0687. The fourth-order valence-electron chi connectivity index (χ4n) is 4.06. The van der Waals surface area contributed by atoms with E-state index < -0.39 is 0 Å². The number of carbonyl (C=O) groups is 1. The van der Waals surface area contributed by atoms with Crippen LogP contribution in [0.5, 0.6) is 11.5 Å². The molecule has 1 saturated heterocycles. The van der Waals surface area contributed by atoms with Crippen molar-refractivity contribution in [1.29, 1.82) is 0 Å². The Balaban J connectivity index is 1.62. The molecule has 1 aliphatic heterocycles. The Hall–Kier alpha value is -3.68. The van der Waals surface area contributed by atoms with E-state index >= 15 is 0 Å². The molecule has 32 heavy (non-hydrogen) atoms. The van der Waals surface area contributed by atoms with Crippen LogP contribution in [0.4, 0.5) is 5.82 Å². The van der Waals surface area contributed by atoms with Crippen molar-refractivity contribution in [3.63, 3.8) is 0 Å². The number of anilines is 1. The Bertz CT molecular complexity index is 1090. The zero-order valence-electron chi connectivity index (χ0n) is 18.5. The maximum atomic E-state index is 13.4. The van der Waals surface area contributed by atoms with Gasteiger partial charge in [0.25, 0.3) is 5.91 Å². The van der Waals surface area contributed by atoms with Gasteiger partial charge in [0.1, 0.15) is 5.82 Å². The molecule has 3 aromatic rings. The molecule has 8 heteroatoms. The Morgan fingerprint density at radius 1 is 1.16 bits per heavy atom. The summed E-state index contributed by atoms with van der Waals surface area (Å²) in [7, 11) is 4.95. The molecule has 1 amide bonds. The number of amides is 1. The lowest BCUT2D eigenvalue weighted by molar-refractivity contribution is 0.0702. The zero-order chi connectivity index (χ0) is 22.5. The number of methoxy groups -OCH3 is 2. The molecule has 3 heterocycles. The van der Waals surface area contributed by atoms with Crippen molar-refractivity contribution in [2.45, 2.75) is 18.8 Å². The van der Waals surface area contributed by atoms with Crippen molar-refractivity contribution in [2.24, 2.45) is 0 Å². The minimum Gasteiger partial charge on any atom is -0.493 e. The molecule has 0 bridgehead atoms. The summed E-state index contributed by atoms with van der Waals surface area (Å²) in [5.41, 5.74) is 2.27. The van der Waals surface area contributed by atoms with E-state index in [0.29, 0.717) is 36.0 Å². The lowest BCUT2D eigenvalue weighted by atomic mass is 9.93. The van der Waals surface area contributed by atoms with Crippen LogP contribution in [-0.2, 0) is 0 Å². The average Bonchev–Trinajstić information content (AvgIpc) is 2.87. The van der Waals surface area contributed by atoms with Crippen molar-refractivity contribution in [2.75, 3.05) is 39.7 Å². The second-order valence-electron chi connectivity index (χ2n) is 7.62. The van der Waals surface area contributed by atoms with Crippen LogP contribution in [0.1, 0.15) is 34.8 Å². The van der Waals surface area contributed by atoms with E-state index in [1.807, 2.05) is 30.1 Å². The highest BCUT2D eigenvalue weighted by atomic mass is 16.5. The van der Waals surface area contributed by atoms with E-state index in [1.54, 1.807) is 44.8 Å². The highest BCUT2D eigenvalue weighted by Gasteiger charge is 2.29. The molecule has 0 radical (unpaired) electrons. The fraction of sp³-hybridized carbons (Fsp3) is 0.333. The molecule has 0 unspecified atom stereocenters. The Morgan fingerprint density at radius 3 is 2.75 bits per heavy atom. The molecule has 8 nitrogen and oxygen atoms in total. The number of carbonyl (C=O) groups excluding carboxylic acids is 1.